The lowest BCUT2D eigenvalue weighted by molar-refractivity contribution is -0.217. The van der Waals surface area contributed by atoms with Crippen LogP contribution in [0.2, 0.25) is 0 Å². The van der Waals surface area contributed by atoms with Crippen LogP contribution in [-0.2, 0) is 20.9 Å². The highest BCUT2D eigenvalue weighted by molar-refractivity contribution is 5.70. The number of aliphatic carboxylic acids is 1. The molecule has 28 heavy (non-hydrogen) atoms. The van der Waals surface area contributed by atoms with Gasteiger partial charge in [-0.25, -0.2) is 40.4 Å². The summed E-state index contributed by atoms with van der Waals surface area (Å²) in [6.07, 6.45) is -1.10. The first kappa shape index (κ1) is 24.8. The molecule has 0 aliphatic heterocycles. The van der Waals surface area contributed by atoms with Crippen LogP contribution < -0.4 is 0 Å². The van der Waals surface area contributed by atoms with Crippen molar-refractivity contribution < 1.29 is 60.0 Å². The van der Waals surface area contributed by atoms with Crippen molar-refractivity contribution in [3.05, 3.63) is 70.3 Å². The van der Waals surface area contributed by atoms with Gasteiger partial charge in [-0.05, 0) is 0 Å². The predicted molar refractivity (Wildman–Crippen MR) is 73.7 cm³/mol. The molecule has 0 unspecified atom stereocenters. The van der Waals surface area contributed by atoms with Gasteiger partial charge in [0.15, 0.2) is 46.5 Å². The normalized spacial score (nSPS) is 9.46. The predicted octanol–water partition coefficient (Wildman–Crippen LogP) is 3.75. The Morgan fingerprint density at radius 3 is 1.32 bits per heavy atom. The average molecular weight is 420 g/mol. The smallest absolute Gasteiger partial charge is 0.330 e. The van der Waals surface area contributed by atoms with E-state index >= 15 is 0 Å². The summed E-state index contributed by atoms with van der Waals surface area (Å²) in [7, 11) is 0. The highest BCUT2D eigenvalue weighted by Crippen LogP contribution is 2.19. The Morgan fingerprint density at radius 1 is 0.786 bits per heavy atom. The molecule has 154 valence electrons. The molecule has 0 amide bonds. The maximum atomic E-state index is 12.8. The fourth-order valence-electron chi connectivity index (χ4n) is 1.43. The first-order valence-electron chi connectivity index (χ1n) is 6.53. The summed E-state index contributed by atoms with van der Waals surface area (Å²) in [5.74, 6) is -13.7. The monoisotopic (exact) mass is 420 g/mol. The minimum absolute atomic E-state index is 0.0238. The summed E-state index contributed by atoms with van der Waals surface area (Å²) in [5, 5.41) is 15.2. The topological polar surface area (TPSA) is 83.8 Å². The molecule has 0 saturated heterocycles. The fourth-order valence-corrected chi connectivity index (χ4v) is 1.43. The van der Waals surface area contributed by atoms with Crippen molar-refractivity contribution in [2.45, 2.75) is 6.42 Å². The van der Waals surface area contributed by atoms with E-state index in [1.54, 1.807) is 0 Å². The molecule has 0 radical (unpaired) electrons. The zero-order chi connectivity index (χ0) is 22.0. The van der Waals surface area contributed by atoms with E-state index < -0.39 is 64.5 Å². The quantitative estimate of drug-likeness (QED) is 0.260. The number of carbonyl (C=O) groups is 2. The first-order chi connectivity index (χ1) is 13.0. The van der Waals surface area contributed by atoms with Crippen LogP contribution in [0.1, 0.15) is 5.56 Å². The SMILES string of the molecule is Fc1cc(F)c(F)cc1F.O=C(O)Cc1c(F)c(F)cc(F)c1F.O=COO. The van der Waals surface area contributed by atoms with Gasteiger partial charge in [-0.2, -0.15) is 0 Å². The van der Waals surface area contributed by atoms with Gasteiger partial charge in [0.05, 0.1) is 6.42 Å². The van der Waals surface area contributed by atoms with Crippen LogP contribution in [0.5, 0.6) is 0 Å². The van der Waals surface area contributed by atoms with Crippen molar-refractivity contribution in [1.82, 2.24) is 0 Å². The first-order valence-corrected chi connectivity index (χ1v) is 6.53. The number of rotatable bonds is 3. The Bertz CT molecular complexity index is 767. The lowest BCUT2D eigenvalue weighted by atomic mass is 10.1. The molecule has 0 spiro atoms. The maximum Gasteiger partial charge on any atom is 0.330 e. The Morgan fingerprint density at radius 2 is 1.07 bits per heavy atom. The van der Waals surface area contributed by atoms with E-state index in [-0.39, 0.29) is 24.7 Å². The molecular formula is C15H8F8O5. The minimum atomic E-state index is -1.67. The number of hydrogen-bond donors (Lipinski definition) is 2. The molecule has 13 heteroatoms. The van der Waals surface area contributed by atoms with E-state index in [4.69, 9.17) is 15.2 Å². The molecule has 2 rings (SSSR count). The van der Waals surface area contributed by atoms with Gasteiger partial charge in [0.2, 0.25) is 0 Å². The van der Waals surface area contributed by atoms with E-state index in [1.165, 1.54) is 0 Å². The van der Waals surface area contributed by atoms with Crippen molar-refractivity contribution in [3.63, 3.8) is 0 Å². The molecule has 2 aromatic carbocycles. The van der Waals surface area contributed by atoms with E-state index in [9.17, 15) is 39.9 Å². The molecule has 0 aromatic heterocycles. The zero-order valence-electron chi connectivity index (χ0n) is 13.2. The number of hydrogen-bond acceptors (Lipinski definition) is 4. The van der Waals surface area contributed by atoms with Crippen LogP contribution in [0, 0.1) is 46.5 Å². The summed E-state index contributed by atoms with van der Waals surface area (Å²) in [6.45, 7) is -0.0694. The molecule has 0 heterocycles. The molecule has 2 N–H and O–H groups in total. The summed E-state index contributed by atoms with van der Waals surface area (Å²) in [4.78, 5) is 21.7. The van der Waals surface area contributed by atoms with E-state index in [0.29, 0.717) is 0 Å². The van der Waals surface area contributed by atoms with Crippen molar-refractivity contribution >= 4 is 12.4 Å². The van der Waals surface area contributed by atoms with Crippen LogP contribution in [-0.4, -0.2) is 22.8 Å². The van der Waals surface area contributed by atoms with E-state index in [0.717, 1.165) is 0 Å². The van der Waals surface area contributed by atoms with Crippen molar-refractivity contribution in [2.24, 2.45) is 0 Å². The van der Waals surface area contributed by atoms with E-state index in [1.807, 2.05) is 0 Å². The average Bonchev–Trinajstić information content (AvgIpc) is 2.62. The van der Waals surface area contributed by atoms with Gasteiger partial charge in [-0.3, -0.25) is 9.59 Å². The molecule has 2 aromatic rings. The van der Waals surface area contributed by atoms with Crippen LogP contribution in [0.3, 0.4) is 0 Å². The lowest BCUT2D eigenvalue weighted by Gasteiger charge is -2.03. The molecule has 0 aliphatic rings. The molecule has 0 bridgehead atoms. The van der Waals surface area contributed by atoms with Crippen LogP contribution in [0.15, 0.2) is 18.2 Å². The highest BCUT2D eigenvalue weighted by atomic mass is 19.2. The Hall–Kier alpha value is -3.22. The van der Waals surface area contributed by atoms with Gasteiger partial charge in [-0.15, -0.1) is 0 Å². The molecule has 0 atom stereocenters. The van der Waals surface area contributed by atoms with Crippen LogP contribution in [0.4, 0.5) is 35.1 Å². The van der Waals surface area contributed by atoms with Gasteiger partial charge >= 0.3 is 12.4 Å². The Labute approximate surface area is 150 Å². The number of halogens is 8. The lowest BCUT2D eigenvalue weighted by Crippen LogP contribution is -2.08. The number of carboxylic acid groups (broad SMARTS) is 1. The Balaban J connectivity index is 0.000000454. The third-order valence-corrected chi connectivity index (χ3v) is 2.54. The van der Waals surface area contributed by atoms with Gasteiger partial charge in [0.1, 0.15) is 0 Å². The summed E-state index contributed by atoms with van der Waals surface area (Å²) in [5.41, 5.74) is -1.12. The number of carboxylic acids is 1. The van der Waals surface area contributed by atoms with Crippen molar-refractivity contribution in [2.75, 3.05) is 0 Å². The van der Waals surface area contributed by atoms with Gasteiger partial charge in [0.25, 0.3) is 0 Å². The molecule has 0 fully saturated rings. The van der Waals surface area contributed by atoms with Crippen LogP contribution >= 0.6 is 0 Å². The van der Waals surface area contributed by atoms with Gasteiger partial charge < -0.3 is 9.99 Å². The number of carbonyl (C=O) groups excluding carboxylic acids is 1. The standard InChI is InChI=1S/C8H4F4O2.C6H2F4.CH2O3/c9-4-2-5(10)8(12)3(7(4)11)1-6(13)14;7-3-1-4(8)6(10)2-5(3)9;2-1-4-3/h2H,1H2,(H,13,14);1-2H;1,3H. The van der Waals surface area contributed by atoms with Gasteiger partial charge in [0, 0.05) is 23.8 Å². The second-order valence-electron chi connectivity index (χ2n) is 4.40. The summed E-state index contributed by atoms with van der Waals surface area (Å²) in [6, 6.07) is 0.339. The number of benzene rings is 2. The molecule has 5 nitrogen and oxygen atoms in total. The third kappa shape index (κ3) is 7.57. The summed E-state index contributed by atoms with van der Waals surface area (Å²) >= 11 is 0. The van der Waals surface area contributed by atoms with Gasteiger partial charge in [-0.1, -0.05) is 0 Å². The second-order valence-corrected chi connectivity index (χ2v) is 4.40. The molecular weight excluding hydrogens is 412 g/mol. The second kappa shape index (κ2) is 11.5. The zero-order valence-corrected chi connectivity index (χ0v) is 13.2. The fraction of sp³-hybridized carbons (Fsp3) is 0.0667. The van der Waals surface area contributed by atoms with Crippen molar-refractivity contribution in [3.8, 4) is 0 Å². The maximum absolute atomic E-state index is 12.8. The molecule has 0 saturated carbocycles. The molecule has 0 aliphatic carbocycles. The van der Waals surface area contributed by atoms with Crippen LogP contribution in [0.25, 0.3) is 0 Å². The van der Waals surface area contributed by atoms with Crippen molar-refractivity contribution in [1.29, 1.82) is 0 Å². The van der Waals surface area contributed by atoms with E-state index in [2.05, 4.69) is 4.89 Å². The Kier molecular flexibility index (Phi) is 10.2. The highest BCUT2D eigenvalue weighted by Gasteiger charge is 2.20. The largest absolute Gasteiger partial charge is 0.481 e. The third-order valence-electron chi connectivity index (χ3n) is 2.54. The summed E-state index contributed by atoms with van der Waals surface area (Å²) < 4.78 is 98.4. The minimum Gasteiger partial charge on any atom is -0.481 e.